The van der Waals surface area contributed by atoms with Crippen molar-refractivity contribution in [1.29, 1.82) is 0 Å². The number of phenolic OH excluding ortho intramolecular Hbond substituents is 1. The van der Waals surface area contributed by atoms with Crippen LogP contribution in [-0.4, -0.2) is 36.2 Å². The lowest BCUT2D eigenvalue weighted by Gasteiger charge is -2.39. The lowest BCUT2D eigenvalue weighted by molar-refractivity contribution is 0.123. The predicted octanol–water partition coefficient (Wildman–Crippen LogP) is 3.32. The van der Waals surface area contributed by atoms with Crippen LogP contribution < -0.4 is 5.32 Å². The van der Waals surface area contributed by atoms with Crippen molar-refractivity contribution < 1.29 is 9.50 Å². The first-order chi connectivity index (χ1) is 10.2. The molecule has 1 aromatic carbocycles. The van der Waals surface area contributed by atoms with Gasteiger partial charge in [0.25, 0.3) is 0 Å². The third-order valence-electron chi connectivity index (χ3n) is 4.80. The lowest BCUT2D eigenvalue weighted by Crippen LogP contribution is -2.46. The number of piperazine rings is 1. The van der Waals surface area contributed by atoms with Crippen LogP contribution in [-0.2, 0) is 0 Å². The number of hydrogen-bond donors (Lipinski definition) is 2. The van der Waals surface area contributed by atoms with E-state index in [1.807, 2.05) is 0 Å². The first kappa shape index (κ1) is 15.1. The average molecular weight is 313 g/mol. The number of aromatic hydroxyl groups is 1. The zero-order valence-corrected chi connectivity index (χ0v) is 12.9. The van der Waals surface area contributed by atoms with Crippen LogP contribution in [0.2, 0.25) is 5.02 Å². The number of hydrogen-bond acceptors (Lipinski definition) is 3. The second-order valence-electron chi connectivity index (χ2n) is 6.07. The van der Waals surface area contributed by atoms with Crippen LogP contribution in [0.15, 0.2) is 12.1 Å². The molecule has 3 rings (SSSR count). The van der Waals surface area contributed by atoms with Gasteiger partial charge in [-0.15, -0.1) is 0 Å². The van der Waals surface area contributed by atoms with Gasteiger partial charge in [0, 0.05) is 42.8 Å². The third-order valence-corrected chi connectivity index (χ3v) is 5.13. The van der Waals surface area contributed by atoms with Crippen molar-refractivity contribution in [2.45, 2.75) is 31.7 Å². The highest BCUT2D eigenvalue weighted by Crippen LogP contribution is 2.45. The van der Waals surface area contributed by atoms with Gasteiger partial charge in [-0.2, -0.15) is 0 Å². The van der Waals surface area contributed by atoms with Crippen molar-refractivity contribution in [2.24, 2.45) is 5.92 Å². The summed E-state index contributed by atoms with van der Waals surface area (Å²) in [6, 6.07) is 2.83. The maximum absolute atomic E-state index is 13.8. The highest BCUT2D eigenvalue weighted by Gasteiger charge is 2.35. The molecule has 1 heterocycles. The van der Waals surface area contributed by atoms with Gasteiger partial charge in [-0.1, -0.05) is 24.4 Å². The second-order valence-corrected chi connectivity index (χ2v) is 6.47. The SMILES string of the molecule is Oc1c(F)ccc(Cl)c1[C@H](C1CCCC1)N1CCNCC1. The molecular weight excluding hydrogens is 291 g/mol. The van der Waals surface area contributed by atoms with E-state index < -0.39 is 5.82 Å². The fraction of sp³-hybridized carbons (Fsp3) is 0.625. The number of halogens is 2. The highest BCUT2D eigenvalue weighted by atomic mass is 35.5. The number of nitrogens with zero attached hydrogens (tertiary/aromatic N) is 1. The smallest absolute Gasteiger partial charge is 0.165 e. The first-order valence-corrected chi connectivity index (χ1v) is 8.18. The average Bonchev–Trinajstić information content (AvgIpc) is 3.02. The van der Waals surface area contributed by atoms with E-state index in [0.29, 0.717) is 16.5 Å². The minimum Gasteiger partial charge on any atom is -0.505 e. The van der Waals surface area contributed by atoms with Crippen molar-refractivity contribution in [1.82, 2.24) is 10.2 Å². The van der Waals surface area contributed by atoms with Crippen LogP contribution in [0, 0.1) is 11.7 Å². The van der Waals surface area contributed by atoms with Crippen molar-refractivity contribution in [3.63, 3.8) is 0 Å². The zero-order valence-electron chi connectivity index (χ0n) is 12.1. The van der Waals surface area contributed by atoms with E-state index in [9.17, 15) is 9.50 Å². The second kappa shape index (κ2) is 6.51. The lowest BCUT2D eigenvalue weighted by atomic mass is 9.89. The van der Waals surface area contributed by atoms with E-state index in [4.69, 9.17) is 11.6 Å². The van der Waals surface area contributed by atoms with Gasteiger partial charge >= 0.3 is 0 Å². The largest absolute Gasteiger partial charge is 0.505 e. The van der Waals surface area contributed by atoms with E-state index >= 15 is 0 Å². The molecule has 1 aliphatic carbocycles. The molecule has 116 valence electrons. The van der Waals surface area contributed by atoms with Crippen LogP contribution in [0.25, 0.3) is 0 Å². The molecule has 0 aromatic heterocycles. The topological polar surface area (TPSA) is 35.5 Å². The van der Waals surface area contributed by atoms with Gasteiger partial charge in [0.2, 0.25) is 0 Å². The normalized spacial score (nSPS) is 22.6. The number of nitrogens with one attached hydrogen (secondary N) is 1. The summed E-state index contributed by atoms with van der Waals surface area (Å²) in [6.45, 7) is 3.68. The summed E-state index contributed by atoms with van der Waals surface area (Å²) in [6.07, 6.45) is 4.67. The van der Waals surface area contributed by atoms with Gasteiger partial charge in [-0.3, -0.25) is 4.90 Å². The standard InChI is InChI=1S/C16H22ClFN2O/c17-12-5-6-13(18)16(21)14(12)15(11-3-1-2-4-11)20-9-7-19-8-10-20/h5-6,11,15,19,21H,1-4,7-10H2/t15-/m0/s1. The monoisotopic (exact) mass is 312 g/mol. The Bertz CT molecular complexity index is 499. The Morgan fingerprint density at radius 3 is 2.57 bits per heavy atom. The van der Waals surface area contributed by atoms with Gasteiger partial charge in [0.05, 0.1) is 0 Å². The van der Waals surface area contributed by atoms with E-state index in [1.165, 1.54) is 18.9 Å². The van der Waals surface area contributed by atoms with Crippen molar-refractivity contribution in [3.05, 3.63) is 28.5 Å². The van der Waals surface area contributed by atoms with E-state index in [-0.39, 0.29) is 11.8 Å². The van der Waals surface area contributed by atoms with E-state index in [0.717, 1.165) is 39.0 Å². The molecule has 2 fully saturated rings. The fourth-order valence-corrected chi connectivity index (χ4v) is 4.05. The quantitative estimate of drug-likeness (QED) is 0.898. The Hall–Kier alpha value is -0.840. The van der Waals surface area contributed by atoms with Crippen LogP contribution >= 0.6 is 11.6 Å². The Labute approximate surface area is 130 Å². The van der Waals surface area contributed by atoms with Gasteiger partial charge in [0.15, 0.2) is 11.6 Å². The van der Waals surface area contributed by atoms with E-state index in [2.05, 4.69) is 10.2 Å². The Kier molecular flexibility index (Phi) is 4.67. The molecule has 21 heavy (non-hydrogen) atoms. The van der Waals surface area contributed by atoms with E-state index in [1.54, 1.807) is 6.07 Å². The van der Waals surface area contributed by atoms with Crippen molar-refractivity contribution in [2.75, 3.05) is 26.2 Å². The van der Waals surface area contributed by atoms with Gasteiger partial charge in [-0.05, 0) is 30.9 Å². The molecule has 1 aromatic rings. The zero-order chi connectivity index (χ0) is 14.8. The Morgan fingerprint density at radius 1 is 1.24 bits per heavy atom. The van der Waals surface area contributed by atoms with Crippen molar-refractivity contribution >= 4 is 11.6 Å². The summed E-state index contributed by atoms with van der Waals surface area (Å²) < 4.78 is 13.8. The van der Waals surface area contributed by atoms with Crippen LogP contribution in [0.5, 0.6) is 5.75 Å². The first-order valence-electron chi connectivity index (χ1n) is 7.80. The van der Waals surface area contributed by atoms with Crippen molar-refractivity contribution in [3.8, 4) is 5.75 Å². The minimum absolute atomic E-state index is 0.0257. The van der Waals surface area contributed by atoms with Gasteiger partial charge in [0.1, 0.15) is 0 Å². The fourth-order valence-electron chi connectivity index (χ4n) is 3.79. The summed E-state index contributed by atoms with van der Waals surface area (Å²) in [5.41, 5.74) is 0.588. The maximum Gasteiger partial charge on any atom is 0.165 e. The predicted molar refractivity (Wildman–Crippen MR) is 82.2 cm³/mol. The number of phenols is 1. The summed E-state index contributed by atoms with van der Waals surface area (Å²) in [5, 5.41) is 14.1. The number of benzene rings is 1. The highest BCUT2D eigenvalue weighted by molar-refractivity contribution is 6.31. The third kappa shape index (κ3) is 3.03. The van der Waals surface area contributed by atoms with Crippen LogP contribution in [0.1, 0.15) is 37.3 Å². The molecule has 3 nitrogen and oxygen atoms in total. The van der Waals surface area contributed by atoms with Gasteiger partial charge < -0.3 is 10.4 Å². The molecule has 0 unspecified atom stereocenters. The molecular formula is C16H22ClFN2O. The molecule has 1 saturated carbocycles. The Balaban J connectivity index is 1.99. The molecule has 0 spiro atoms. The molecule has 0 radical (unpaired) electrons. The summed E-state index contributed by atoms with van der Waals surface area (Å²) in [5.74, 6) is -0.390. The van der Waals surface area contributed by atoms with Crippen LogP contribution in [0.3, 0.4) is 0 Å². The van der Waals surface area contributed by atoms with Crippen LogP contribution in [0.4, 0.5) is 4.39 Å². The molecule has 2 aliphatic rings. The number of rotatable bonds is 3. The Morgan fingerprint density at radius 2 is 1.90 bits per heavy atom. The summed E-state index contributed by atoms with van der Waals surface area (Å²) in [7, 11) is 0. The molecule has 2 N–H and O–H groups in total. The molecule has 1 aliphatic heterocycles. The minimum atomic E-state index is -0.576. The molecule has 1 saturated heterocycles. The van der Waals surface area contributed by atoms with Gasteiger partial charge in [-0.25, -0.2) is 4.39 Å². The molecule has 1 atom stereocenters. The summed E-state index contributed by atoms with van der Waals surface area (Å²) in [4.78, 5) is 2.35. The molecule has 0 bridgehead atoms. The molecule has 5 heteroatoms. The maximum atomic E-state index is 13.8. The summed E-state index contributed by atoms with van der Waals surface area (Å²) >= 11 is 6.32. The molecule has 0 amide bonds.